The first-order valence-corrected chi connectivity index (χ1v) is 8.76. The van der Waals surface area contributed by atoms with E-state index in [0.29, 0.717) is 5.56 Å². The Morgan fingerprint density at radius 3 is 2.24 bits per heavy atom. The second kappa shape index (κ2) is 9.05. The number of benzene rings is 2. The van der Waals surface area contributed by atoms with Gasteiger partial charge in [0, 0.05) is 12.1 Å². The van der Waals surface area contributed by atoms with Crippen molar-refractivity contribution in [3.8, 4) is 0 Å². The van der Waals surface area contributed by atoms with Gasteiger partial charge >= 0.3 is 12.1 Å². The number of rotatable bonds is 5. The molecule has 0 spiro atoms. The first kappa shape index (κ1) is 21.7. The SMILES string of the molecule is CC(C)(C)OC(=O)Nc1ccc(F)cc1NC(=O)c1ccc(CNC(N)=O)cc1. The Kier molecular flexibility index (Phi) is 6.76. The van der Waals surface area contributed by atoms with Gasteiger partial charge in [0.2, 0.25) is 0 Å². The predicted molar refractivity (Wildman–Crippen MR) is 107 cm³/mol. The van der Waals surface area contributed by atoms with Crippen LogP contribution in [0.4, 0.5) is 25.4 Å². The Hall–Kier alpha value is -3.62. The van der Waals surface area contributed by atoms with Gasteiger partial charge in [-0.2, -0.15) is 0 Å². The quantitative estimate of drug-likeness (QED) is 0.610. The van der Waals surface area contributed by atoms with Crippen LogP contribution in [0.15, 0.2) is 42.5 Å². The third kappa shape index (κ3) is 7.13. The number of nitrogens with two attached hydrogens (primary N) is 1. The lowest BCUT2D eigenvalue weighted by Gasteiger charge is -2.20. The molecule has 8 nitrogen and oxygen atoms in total. The number of anilines is 2. The molecule has 0 unspecified atom stereocenters. The van der Waals surface area contributed by atoms with Crippen molar-refractivity contribution in [3.05, 3.63) is 59.4 Å². The number of hydrogen-bond donors (Lipinski definition) is 4. The van der Waals surface area contributed by atoms with Crippen LogP contribution in [-0.4, -0.2) is 23.6 Å². The minimum absolute atomic E-state index is 0.0836. The average Bonchev–Trinajstić information content (AvgIpc) is 2.61. The zero-order valence-corrected chi connectivity index (χ0v) is 16.3. The van der Waals surface area contributed by atoms with Crippen molar-refractivity contribution >= 4 is 29.4 Å². The fraction of sp³-hybridized carbons (Fsp3) is 0.250. The number of carbonyl (C=O) groups excluding carboxylic acids is 3. The molecule has 9 heteroatoms. The lowest BCUT2D eigenvalue weighted by molar-refractivity contribution is 0.0635. The molecule has 0 heterocycles. The molecule has 29 heavy (non-hydrogen) atoms. The zero-order chi connectivity index (χ0) is 21.6. The van der Waals surface area contributed by atoms with Crippen molar-refractivity contribution in [2.45, 2.75) is 32.9 Å². The summed E-state index contributed by atoms with van der Waals surface area (Å²) in [6.45, 7) is 5.36. The lowest BCUT2D eigenvalue weighted by Crippen LogP contribution is -2.28. The number of hydrogen-bond acceptors (Lipinski definition) is 4. The fourth-order valence-electron chi connectivity index (χ4n) is 2.30. The molecule has 2 aromatic carbocycles. The van der Waals surface area contributed by atoms with Crippen LogP contribution in [0.5, 0.6) is 0 Å². The maximum absolute atomic E-state index is 13.7. The van der Waals surface area contributed by atoms with Crippen LogP contribution < -0.4 is 21.7 Å². The highest BCUT2D eigenvalue weighted by atomic mass is 19.1. The second-order valence-corrected chi connectivity index (χ2v) is 7.19. The lowest BCUT2D eigenvalue weighted by atomic mass is 10.1. The van der Waals surface area contributed by atoms with Crippen molar-refractivity contribution in [2.75, 3.05) is 10.6 Å². The largest absolute Gasteiger partial charge is 0.444 e. The molecule has 5 N–H and O–H groups in total. The number of halogens is 1. The third-order valence-electron chi connectivity index (χ3n) is 3.55. The standard InChI is InChI=1S/C20H23FN4O4/c1-20(2,3)29-19(28)25-15-9-8-14(21)10-16(15)24-17(26)13-6-4-12(5-7-13)11-23-18(22)27/h4-10H,11H2,1-3H3,(H,24,26)(H,25,28)(H3,22,23,27). The summed E-state index contributed by atoms with van der Waals surface area (Å²) in [4.78, 5) is 35.2. The Labute approximate surface area is 167 Å². The minimum atomic E-state index is -0.731. The third-order valence-corrected chi connectivity index (χ3v) is 3.55. The Bertz CT molecular complexity index is 908. The van der Waals surface area contributed by atoms with Gasteiger partial charge in [-0.25, -0.2) is 14.0 Å². The molecule has 0 aliphatic carbocycles. The van der Waals surface area contributed by atoms with Gasteiger partial charge in [-0.1, -0.05) is 12.1 Å². The molecular formula is C20H23FN4O4. The van der Waals surface area contributed by atoms with E-state index in [4.69, 9.17) is 10.5 Å². The highest BCUT2D eigenvalue weighted by Gasteiger charge is 2.18. The van der Waals surface area contributed by atoms with Gasteiger partial charge in [0.15, 0.2) is 0 Å². The number of amides is 4. The van der Waals surface area contributed by atoms with Crippen LogP contribution in [-0.2, 0) is 11.3 Å². The topological polar surface area (TPSA) is 123 Å². The second-order valence-electron chi connectivity index (χ2n) is 7.19. The van der Waals surface area contributed by atoms with Crippen LogP contribution in [0.1, 0.15) is 36.7 Å². The van der Waals surface area contributed by atoms with Gasteiger partial charge in [0.05, 0.1) is 11.4 Å². The molecule has 0 aliphatic heterocycles. The van der Waals surface area contributed by atoms with E-state index in [9.17, 15) is 18.8 Å². The predicted octanol–water partition coefficient (Wildman–Crippen LogP) is 3.59. The molecule has 154 valence electrons. The molecule has 0 radical (unpaired) electrons. The average molecular weight is 402 g/mol. The summed E-state index contributed by atoms with van der Waals surface area (Å²) in [6, 6.07) is 9.32. The molecule has 0 aliphatic rings. The van der Waals surface area contributed by atoms with Crippen molar-refractivity contribution in [1.29, 1.82) is 0 Å². The van der Waals surface area contributed by atoms with Crippen LogP contribution in [0.25, 0.3) is 0 Å². The highest BCUT2D eigenvalue weighted by Crippen LogP contribution is 2.24. The van der Waals surface area contributed by atoms with Gasteiger partial charge in [0.1, 0.15) is 11.4 Å². The van der Waals surface area contributed by atoms with Crippen molar-refractivity contribution in [1.82, 2.24) is 5.32 Å². The van der Waals surface area contributed by atoms with E-state index < -0.39 is 29.4 Å². The summed E-state index contributed by atoms with van der Waals surface area (Å²) in [5.74, 6) is -1.08. The molecular weight excluding hydrogens is 379 g/mol. The fourth-order valence-corrected chi connectivity index (χ4v) is 2.30. The van der Waals surface area contributed by atoms with Crippen LogP contribution in [0, 0.1) is 5.82 Å². The first-order valence-electron chi connectivity index (χ1n) is 8.76. The van der Waals surface area contributed by atoms with E-state index in [1.165, 1.54) is 6.07 Å². The molecule has 0 saturated heterocycles. The summed E-state index contributed by atoms with van der Waals surface area (Å²) >= 11 is 0. The summed E-state index contributed by atoms with van der Waals surface area (Å²) in [6.07, 6.45) is -0.731. The number of nitrogens with one attached hydrogen (secondary N) is 3. The van der Waals surface area contributed by atoms with Gasteiger partial charge in [-0.3, -0.25) is 10.1 Å². The summed E-state index contributed by atoms with van der Waals surface area (Å²) in [5, 5.41) is 7.50. The maximum Gasteiger partial charge on any atom is 0.412 e. The highest BCUT2D eigenvalue weighted by molar-refractivity contribution is 6.06. The van der Waals surface area contributed by atoms with Crippen LogP contribution in [0.3, 0.4) is 0 Å². The Morgan fingerprint density at radius 1 is 1.00 bits per heavy atom. The Morgan fingerprint density at radius 2 is 1.66 bits per heavy atom. The normalized spacial score (nSPS) is 10.8. The van der Waals surface area contributed by atoms with Crippen molar-refractivity contribution in [3.63, 3.8) is 0 Å². The van der Waals surface area contributed by atoms with Crippen molar-refractivity contribution in [2.24, 2.45) is 5.73 Å². The van der Waals surface area contributed by atoms with Crippen LogP contribution >= 0.6 is 0 Å². The summed E-state index contributed by atoms with van der Waals surface area (Å²) in [5.41, 5.74) is 5.63. The summed E-state index contributed by atoms with van der Waals surface area (Å²) < 4.78 is 18.8. The maximum atomic E-state index is 13.7. The van der Waals surface area contributed by atoms with E-state index in [0.717, 1.165) is 17.7 Å². The van der Waals surface area contributed by atoms with E-state index in [1.807, 2.05) is 0 Å². The monoisotopic (exact) mass is 402 g/mol. The number of urea groups is 1. The van der Waals surface area contributed by atoms with E-state index >= 15 is 0 Å². The van der Waals surface area contributed by atoms with E-state index in [1.54, 1.807) is 45.0 Å². The van der Waals surface area contributed by atoms with Crippen LogP contribution in [0.2, 0.25) is 0 Å². The van der Waals surface area contributed by atoms with E-state index in [-0.39, 0.29) is 17.9 Å². The molecule has 0 aromatic heterocycles. The molecule has 2 aromatic rings. The number of ether oxygens (including phenoxy) is 1. The zero-order valence-electron chi connectivity index (χ0n) is 16.3. The van der Waals surface area contributed by atoms with Gasteiger partial charge in [-0.15, -0.1) is 0 Å². The van der Waals surface area contributed by atoms with Crippen molar-refractivity contribution < 1.29 is 23.5 Å². The van der Waals surface area contributed by atoms with Gasteiger partial charge in [0.25, 0.3) is 5.91 Å². The molecule has 0 bridgehead atoms. The summed E-state index contributed by atoms with van der Waals surface area (Å²) in [7, 11) is 0. The number of primary amides is 1. The first-order chi connectivity index (χ1) is 13.5. The number of carbonyl (C=O) groups is 3. The molecule has 0 saturated carbocycles. The molecule has 2 rings (SSSR count). The van der Waals surface area contributed by atoms with Gasteiger partial charge < -0.3 is 21.1 Å². The molecule has 0 fully saturated rings. The Balaban J connectivity index is 2.12. The minimum Gasteiger partial charge on any atom is -0.444 e. The molecule has 4 amide bonds. The van der Waals surface area contributed by atoms with E-state index in [2.05, 4.69) is 16.0 Å². The smallest absolute Gasteiger partial charge is 0.412 e. The molecule has 0 atom stereocenters. The van der Waals surface area contributed by atoms with Gasteiger partial charge in [-0.05, 0) is 56.7 Å².